The summed E-state index contributed by atoms with van der Waals surface area (Å²) in [5.74, 6) is -0.873. The smallest absolute Gasteiger partial charge is 0.246 e. The number of amides is 3. The van der Waals surface area contributed by atoms with Gasteiger partial charge in [0.25, 0.3) is 0 Å². The van der Waals surface area contributed by atoms with Crippen molar-refractivity contribution in [3.8, 4) is 0 Å². The number of hydrogen-bond donors (Lipinski definition) is 3. The summed E-state index contributed by atoms with van der Waals surface area (Å²) in [5.41, 5.74) is 2.17. The molecule has 0 aliphatic carbocycles. The molecule has 29 heavy (non-hydrogen) atoms. The number of nitrogens with one attached hydrogen (secondary N) is 3. The zero-order chi connectivity index (χ0) is 21.6. The maximum Gasteiger partial charge on any atom is 0.246 e. The lowest BCUT2D eigenvalue weighted by atomic mass is 10.0. The number of hydrogen-bond acceptors (Lipinski definition) is 4. The number of carbonyl (C=O) groups is 3. The monoisotopic (exact) mass is 422 g/mol. The first-order valence-electron chi connectivity index (χ1n) is 10.0. The number of rotatable bonds is 8. The number of aryl methyl sites for hydroxylation is 1. The number of likely N-dealkylation sites (tertiary alicyclic amines) is 1. The van der Waals surface area contributed by atoms with Gasteiger partial charge in [0.2, 0.25) is 17.7 Å². The summed E-state index contributed by atoms with van der Waals surface area (Å²) in [6, 6.07) is 6.10. The highest BCUT2D eigenvalue weighted by atomic mass is 35.5. The molecule has 7 nitrogen and oxygen atoms in total. The van der Waals surface area contributed by atoms with Crippen molar-refractivity contribution in [2.45, 2.75) is 65.2 Å². The Balaban J connectivity index is 2.02. The van der Waals surface area contributed by atoms with E-state index in [4.69, 9.17) is 11.8 Å². The molecule has 1 saturated heterocycles. The van der Waals surface area contributed by atoms with Crippen LogP contribution < -0.4 is 15.5 Å². The second-order valence-electron chi connectivity index (χ2n) is 7.95. The Bertz CT molecular complexity index is 723. The Hall–Kier alpha value is -2.12. The van der Waals surface area contributed by atoms with Crippen molar-refractivity contribution in [1.29, 1.82) is 0 Å². The quantitative estimate of drug-likeness (QED) is 0.558. The van der Waals surface area contributed by atoms with Gasteiger partial charge < -0.3 is 15.5 Å². The van der Waals surface area contributed by atoms with Crippen molar-refractivity contribution in [3.63, 3.8) is 0 Å². The fraction of sp³-hybridized carbons (Fsp3) is 0.571. The van der Waals surface area contributed by atoms with Crippen molar-refractivity contribution in [2.75, 3.05) is 6.54 Å². The van der Waals surface area contributed by atoms with Crippen molar-refractivity contribution in [3.05, 3.63) is 35.4 Å². The molecule has 0 saturated carbocycles. The number of nitrogens with zero attached hydrogens (tertiary/aromatic N) is 1. The molecule has 3 amide bonds. The van der Waals surface area contributed by atoms with E-state index in [-0.39, 0.29) is 23.6 Å². The fourth-order valence-corrected chi connectivity index (χ4v) is 3.44. The normalized spacial score (nSPS) is 18.4. The highest BCUT2D eigenvalue weighted by molar-refractivity contribution is 6.15. The van der Waals surface area contributed by atoms with Crippen LogP contribution in [0.5, 0.6) is 0 Å². The van der Waals surface area contributed by atoms with E-state index < -0.39 is 18.1 Å². The summed E-state index contributed by atoms with van der Waals surface area (Å²) in [4.78, 5) is 42.0. The van der Waals surface area contributed by atoms with E-state index >= 15 is 0 Å². The third-order valence-corrected chi connectivity index (χ3v) is 5.54. The molecule has 1 aromatic rings. The highest BCUT2D eigenvalue weighted by Gasteiger charge is 2.38. The first-order chi connectivity index (χ1) is 13.7. The van der Waals surface area contributed by atoms with E-state index in [1.165, 1.54) is 0 Å². The van der Waals surface area contributed by atoms with E-state index in [0.717, 1.165) is 17.5 Å². The van der Waals surface area contributed by atoms with Gasteiger partial charge in [-0.05, 0) is 49.9 Å². The molecule has 0 spiro atoms. The van der Waals surface area contributed by atoms with Crippen LogP contribution in [-0.4, -0.2) is 47.3 Å². The summed E-state index contributed by atoms with van der Waals surface area (Å²) in [5, 5.41) is 5.69. The molecular formula is C21H31ClN4O3. The van der Waals surface area contributed by atoms with Crippen LogP contribution in [0.2, 0.25) is 0 Å². The van der Waals surface area contributed by atoms with Crippen LogP contribution in [0.25, 0.3) is 0 Å². The van der Waals surface area contributed by atoms with E-state index in [1.807, 2.05) is 45.0 Å². The molecule has 0 radical (unpaired) electrons. The Labute approximate surface area is 177 Å². The van der Waals surface area contributed by atoms with E-state index in [0.29, 0.717) is 19.5 Å². The minimum Gasteiger partial charge on any atom is -0.350 e. The van der Waals surface area contributed by atoms with Crippen LogP contribution in [0.3, 0.4) is 0 Å². The summed E-state index contributed by atoms with van der Waals surface area (Å²) in [6.45, 7) is 8.28. The summed E-state index contributed by atoms with van der Waals surface area (Å²) < 4.78 is 0. The highest BCUT2D eigenvalue weighted by Crippen LogP contribution is 2.20. The van der Waals surface area contributed by atoms with Gasteiger partial charge in [-0.15, -0.1) is 0 Å². The number of halogens is 1. The second-order valence-corrected chi connectivity index (χ2v) is 8.17. The predicted molar refractivity (Wildman–Crippen MR) is 113 cm³/mol. The van der Waals surface area contributed by atoms with Gasteiger partial charge in [0.05, 0.1) is 6.04 Å². The van der Waals surface area contributed by atoms with Gasteiger partial charge in [-0.2, -0.15) is 0 Å². The lowest BCUT2D eigenvalue weighted by Gasteiger charge is -2.31. The molecule has 3 N–H and O–H groups in total. The molecule has 1 aliphatic heterocycles. The second kappa shape index (κ2) is 10.6. The average molecular weight is 423 g/mol. The van der Waals surface area contributed by atoms with Crippen LogP contribution >= 0.6 is 11.8 Å². The standard InChI is InChI=1S/C21H31ClN4O3/c1-13(2)18(24-19(27)15(4)25-22)21(29)26-11-5-6-17(26)20(28)23-12-16-9-7-14(3)8-10-16/h7-10,13,15,17-18,25H,5-6,11-12H2,1-4H3,(H,23,28)(H,24,27). The molecular weight excluding hydrogens is 392 g/mol. The summed E-state index contributed by atoms with van der Waals surface area (Å²) in [7, 11) is 0. The van der Waals surface area contributed by atoms with Crippen molar-refractivity contribution >= 4 is 29.5 Å². The number of carbonyl (C=O) groups excluding carboxylic acids is 3. The average Bonchev–Trinajstić information content (AvgIpc) is 3.19. The molecule has 0 bridgehead atoms. The minimum atomic E-state index is -0.708. The SMILES string of the molecule is Cc1ccc(CNC(=O)C2CCCN2C(=O)C(NC(=O)C(C)NCl)C(C)C)cc1. The van der Waals surface area contributed by atoms with Gasteiger partial charge in [0, 0.05) is 13.1 Å². The first kappa shape index (κ1) is 23.2. The zero-order valence-electron chi connectivity index (χ0n) is 17.5. The maximum absolute atomic E-state index is 13.1. The van der Waals surface area contributed by atoms with Gasteiger partial charge in [0.1, 0.15) is 12.1 Å². The molecule has 1 fully saturated rings. The molecule has 160 valence electrons. The molecule has 1 heterocycles. The van der Waals surface area contributed by atoms with E-state index in [9.17, 15) is 14.4 Å². The molecule has 8 heteroatoms. The van der Waals surface area contributed by atoms with Crippen LogP contribution in [0.1, 0.15) is 44.7 Å². The Morgan fingerprint density at radius 1 is 1.17 bits per heavy atom. The van der Waals surface area contributed by atoms with Gasteiger partial charge in [-0.25, -0.2) is 4.84 Å². The van der Waals surface area contributed by atoms with Crippen LogP contribution in [0, 0.1) is 12.8 Å². The molecule has 1 aliphatic rings. The number of benzene rings is 1. The molecule has 3 atom stereocenters. The van der Waals surface area contributed by atoms with Crippen LogP contribution in [-0.2, 0) is 20.9 Å². The summed E-state index contributed by atoms with van der Waals surface area (Å²) in [6.07, 6.45) is 1.37. The van der Waals surface area contributed by atoms with E-state index in [2.05, 4.69) is 15.5 Å². The van der Waals surface area contributed by atoms with Gasteiger partial charge >= 0.3 is 0 Å². The van der Waals surface area contributed by atoms with Crippen LogP contribution in [0.4, 0.5) is 0 Å². The summed E-state index contributed by atoms with van der Waals surface area (Å²) >= 11 is 5.52. The molecule has 3 unspecified atom stereocenters. The minimum absolute atomic E-state index is 0.120. The lowest BCUT2D eigenvalue weighted by Crippen LogP contribution is -2.56. The Kier molecular flexibility index (Phi) is 8.46. The molecule has 0 aromatic heterocycles. The molecule has 1 aromatic carbocycles. The van der Waals surface area contributed by atoms with Gasteiger partial charge in [0.15, 0.2) is 0 Å². The topological polar surface area (TPSA) is 90.5 Å². The van der Waals surface area contributed by atoms with Crippen molar-refractivity contribution in [2.24, 2.45) is 5.92 Å². The third kappa shape index (κ3) is 6.18. The van der Waals surface area contributed by atoms with Crippen LogP contribution in [0.15, 0.2) is 24.3 Å². The predicted octanol–water partition coefficient (Wildman–Crippen LogP) is 1.87. The lowest BCUT2D eigenvalue weighted by molar-refractivity contribution is -0.142. The van der Waals surface area contributed by atoms with E-state index in [1.54, 1.807) is 11.8 Å². The van der Waals surface area contributed by atoms with Crippen molar-refractivity contribution in [1.82, 2.24) is 20.4 Å². The third-order valence-electron chi connectivity index (χ3n) is 5.21. The molecule has 2 rings (SSSR count). The Morgan fingerprint density at radius 2 is 1.83 bits per heavy atom. The Morgan fingerprint density at radius 3 is 2.41 bits per heavy atom. The van der Waals surface area contributed by atoms with Gasteiger partial charge in [-0.3, -0.25) is 14.4 Å². The zero-order valence-corrected chi connectivity index (χ0v) is 18.3. The first-order valence-corrected chi connectivity index (χ1v) is 10.4. The maximum atomic E-state index is 13.1. The fourth-order valence-electron chi connectivity index (χ4n) is 3.34. The van der Waals surface area contributed by atoms with Gasteiger partial charge in [-0.1, -0.05) is 43.7 Å². The van der Waals surface area contributed by atoms with Crippen molar-refractivity contribution < 1.29 is 14.4 Å². The largest absolute Gasteiger partial charge is 0.350 e.